The van der Waals surface area contributed by atoms with Crippen molar-refractivity contribution < 1.29 is 9.13 Å². The van der Waals surface area contributed by atoms with Crippen LogP contribution in [0.1, 0.15) is 11.1 Å². The first kappa shape index (κ1) is 20.8. The molecule has 3 aromatic rings. The minimum absolute atomic E-state index is 0.295. The van der Waals surface area contributed by atoms with Crippen molar-refractivity contribution >= 4 is 28.4 Å². The van der Waals surface area contributed by atoms with Crippen molar-refractivity contribution in [3.8, 4) is 0 Å². The van der Waals surface area contributed by atoms with E-state index in [1.807, 2.05) is 38.1 Å². The standard InChI is InChI=1S/C24H24FN5O/c1-17-16-24(18(2)15-23(17)28-26-20-5-3-19(25)4-6-20)29-27-21-7-9-22(10-8-21)30-11-13-31-14-12-30/h3-10,15-16H,11-14H2,1-2H3/b28-26+,29-27+. The zero-order valence-electron chi connectivity index (χ0n) is 17.6. The van der Waals surface area contributed by atoms with E-state index in [1.165, 1.54) is 17.8 Å². The van der Waals surface area contributed by atoms with Crippen LogP contribution in [-0.2, 0) is 4.74 Å². The van der Waals surface area contributed by atoms with Crippen LogP contribution in [0.5, 0.6) is 0 Å². The van der Waals surface area contributed by atoms with E-state index in [1.54, 1.807) is 12.1 Å². The number of aryl methyl sites for hydroxylation is 2. The summed E-state index contributed by atoms with van der Waals surface area (Å²) in [5.41, 5.74) is 5.99. The highest BCUT2D eigenvalue weighted by Crippen LogP contribution is 2.31. The lowest BCUT2D eigenvalue weighted by Crippen LogP contribution is -2.36. The van der Waals surface area contributed by atoms with Crippen LogP contribution in [0.3, 0.4) is 0 Å². The van der Waals surface area contributed by atoms with Crippen LogP contribution < -0.4 is 4.90 Å². The summed E-state index contributed by atoms with van der Waals surface area (Å²) < 4.78 is 18.4. The van der Waals surface area contributed by atoms with Gasteiger partial charge in [-0.05, 0) is 85.6 Å². The van der Waals surface area contributed by atoms with E-state index in [0.717, 1.165) is 54.5 Å². The van der Waals surface area contributed by atoms with Crippen molar-refractivity contribution in [2.45, 2.75) is 13.8 Å². The van der Waals surface area contributed by atoms with Gasteiger partial charge < -0.3 is 9.64 Å². The van der Waals surface area contributed by atoms with Gasteiger partial charge in [0.15, 0.2) is 0 Å². The van der Waals surface area contributed by atoms with Gasteiger partial charge in [-0.1, -0.05) is 0 Å². The largest absolute Gasteiger partial charge is 0.378 e. The first-order valence-electron chi connectivity index (χ1n) is 10.2. The Hall–Kier alpha value is -3.45. The third-order valence-corrected chi connectivity index (χ3v) is 5.11. The smallest absolute Gasteiger partial charge is 0.123 e. The van der Waals surface area contributed by atoms with Gasteiger partial charge in [0.25, 0.3) is 0 Å². The van der Waals surface area contributed by atoms with Gasteiger partial charge in [-0.3, -0.25) is 0 Å². The average Bonchev–Trinajstić information content (AvgIpc) is 2.80. The molecule has 0 aliphatic carbocycles. The van der Waals surface area contributed by atoms with Crippen LogP contribution in [0.4, 0.5) is 32.8 Å². The molecule has 0 unspecified atom stereocenters. The SMILES string of the molecule is Cc1cc(/N=N/c2ccc(N3CCOCC3)cc2)c(C)cc1/N=N/c1ccc(F)cc1. The number of halogens is 1. The van der Waals surface area contributed by atoms with E-state index >= 15 is 0 Å². The molecule has 0 saturated carbocycles. The molecule has 0 atom stereocenters. The molecule has 0 spiro atoms. The second kappa shape index (κ2) is 9.57. The van der Waals surface area contributed by atoms with Gasteiger partial charge in [0.2, 0.25) is 0 Å². The van der Waals surface area contributed by atoms with Crippen molar-refractivity contribution in [1.29, 1.82) is 0 Å². The highest BCUT2D eigenvalue weighted by molar-refractivity contribution is 5.59. The number of rotatable bonds is 5. The van der Waals surface area contributed by atoms with Crippen LogP contribution in [-0.4, -0.2) is 26.3 Å². The monoisotopic (exact) mass is 417 g/mol. The van der Waals surface area contributed by atoms with Gasteiger partial charge in [0.05, 0.1) is 36.0 Å². The molecule has 31 heavy (non-hydrogen) atoms. The van der Waals surface area contributed by atoms with Crippen molar-refractivity contribution in [3.63, 3.8) is 0 Å². The minimum atomic E-state index is -0.295. The predicted molar refractivity (Wildman–Crippen MR) is 120 cm³/mol. The summed E-state index contributed by atoms with van der Waals surface area (Å²) in [6, 6.07) is 17.9. The summed E-state index contributed by atoms with van der Waals surface area (Å²) in [4.78, 5) is 2.30. The number of hydrogen-bond donors (Lipinski definition) is 0. The molecule has 6 nitrogen and oxygen atoms in total. The Balaban J connectivity index is 1.46. The van der Waals surface area contributed by atoms with Gasteiger partial charge in [0, 0.05) is 18.8 Å². The second-order valence-electron chi connectivity index (χ2n) is 7.42. The molecule has 1 heterocycles. The highest BCUT2D eigenvalue weighted by atomic mass is 19.1. The van der Waals surface area contributed by atoms with Crippen molar-refractivity contribution in [1.82, 2.24) is 0 Å². The average molecular weight is 417 g/mol. The Morgan fingerprint density at radius 2 is 1.19 bits per heavy atom. The zero-order valence-corrected chi connectivity index (χ0v) is 17.6. The van der Waals surface area contributed by atoms with Crippen LogP contribution in [0.15, 0.2) is 81.1 Å². The maximum absolute atomic E-state index is 13.0. The molecular weight excluding hydrogens is 393 g/mol. The van der Waals surface area contributed by atoms with E-state index in [9.17, 15) is 4.39 Å². The Kier molecular flexibility index (Phi) is 6.43. The van der Waals surface area contributed by atoms with Crippen LogP contribution >= 0.6 is 0 Å². The number of hydrogen-bond acceptors (Lipinski definition) is 6. The van der Waals surface area contributed by atoms with Gasteiger partial charge in [0.1, 0.15) is 5.82 Å². The summed E-state index contributed by atoms with van der Waals surface area (Å²) in [6.45, 7) is 7.26. The number of benzene rings is 3. The molecule has 0 aromatic heterocycles. The third kappa shape index (κ3) is 5.38. The minimum Gasteiger partial charge on any atom is -0.378 e. The molecular formula is C24H24FN5O. The van der Waals surface area contributed by atoms with E-state index in [0.29, 0.717) is 5.69 Å². The summed E-state index contributed by atoms with van der Waals surface area (Å²) in [5, 5.41) is 17.3. The topological polar surface area (TPSA) is 61.9 Å². The third-order valence-electron chi connectivity index (χ3n) is 5.11. The molecule has 158 valence electrons. The number of ether oxygens (including phenoxy) is 1. The lowest BCUT2D eigenvalue weighted by atomic mass is 10.1. The Morgan fingerprint density at radius 1 is 0.710 bits per heavy atom. The second-order valence-corrected chi connectivity index (χ2v) is 7.42. The van der Waals surface area contributed by atoms with Crippen molar-refractivity contribution in [3.05, 3.63) is 77.6 Å². The number of azo groups is 2. The van der Waals surface area contributed by atoms with Crippen LogP contribution in [0.2, 0.25) is 0 Å². The van der Waals surface area contributed by atoms with Gasteiger partial charge in [-0.15, -0.1) is 0 Å². The van der Waals surface area contributed by atoms with Crippen molar-refractivity contribution in [2.24, 2.45) is 20.5 Å². The Morgan fingerprint density at radius 3 is 1.71 bits per heavy atom. The zero-order chi connectivity index (χ0) is 21.6. The quantitative estimate of drug-likeness (QED) is 0.415. The predicted octanol–water partition coefficient (Wildman–Crippen LogP) is 7.11. The lowest BCUT2D eigenvalue weighted by Gasteiger charge is -2.28. The van der Waals surface area contributed by atoms with E-state index in [-0.39, 0.29) is 5.82 Å². The summed E-state index contributed by atoms with van der Waals surface area (Å²) in [7, 11) is 0. The fourth-order valence-corrected chi connectivity index (χ4v) is 3.28. The van der Waals surface area contributed by atoms with Crippen LogP contribution in [0.25, 0.3) is 0 Å². The number of anilines is 1. The molecule has 3 aromatic carbocycles. The Bertz CT molecular complexity index is 1090. The lowest BCUT2D eigenvalue weighted by molar-refractivity contribution is 0.122. The summed E-state index contributed by atoms with van der Waals surface area (Å²) >= 11 is 0. The summed E-state index contributed by atoms with van der Waals surface area (Å²) in [5.74, 6) is -0.295. The number of morpholine rings is 1. The molecule has 1 fully saturated rings. The normalized spacial score (nSPS) is 14.6. The fraction of sp³-hybridized carbons (Fsp3) is 0.250. The van der Waals surface area contributed by atoms with E-state index in [4.69, 9.17) is 4.74 Å². The molecule has 4 rings (SSSR count). The Labute approximate surface area is 181 Å². The number of nitrogens with zero attached hydrogens (tertiary/aromatic N) is 5. The molecule has 1 aliphatic rings. The molecule has 7 heteroatoms. The molecule has 0 N–H and O–H groups in total. The first-order valence-corrected chi connectivity index (χ1v) is 10.2. The maximum Gasteiger partial charge on any atom is 0.123 e. The molecule has 1 aliphatic heterocycles. The van der Waals surface area contributed by atoms with Gasteiger partial charge >= 0.3 is 0 Å². The molecule has 1 saturated heterocycles. The maximum atomic E-state index is 13.0. The van der Waals surface area contributed by atoms with E-state index in [2.05, 4.69) is 37.5 Å². The molecule has 0 amide bonds. The van der Waals surface area contributed by atoms with E-state index < -0.39 is 0 Å². The molecule has 0 bridgehead atoms. The fourth-order valence-electron chi connectivity index (χ4n) is 3.28. The van der Waals surface area contributed by atoms with Crippen LogP contribution in [0, 0.1) is 19.7 Å². The van der Waals surface area contributed by atoms with Crippen molar-refractivity contribution in [2.75, 3.05) is 31.2 Å². The highest BCUT2D eigenvalue weighted by Gasteiger charge is 2.10. The van der Waals surface area contributed by atoms with Gasteiger partial charge in [-0.2, -0.15) is 20.5 Å². The summed E-state index contributed by atoms with van der Waals surface area (Å²) in [6.07, 6.45) is 0. The van der Waals surface area contributed by atoms with Gasteiger partial charge in [-0.25, -0.2) is 4.39 Å². The molecule has 0 radical (unpaired) electrons. The first-order chi connectivity index (χ1) is 15.1.